The van der Waals surface area contributed by atoms with E-state index in [9.17, 15) is 13.2 Å². The number of rotatable bonds is 8. The van der Waals surface area contributed by atoms with Crippen LogP contribution >= 0.6 is 0 Å². The Bertz CT molecular complexity index is 401. The van der Waals surface area contributed by atoms with Crippen LogP contribution in [0.25, 0.3) is 0 Å². The molecule has 0 aliphatic rings. The Morgan fingerprint density at radius 3 is 2.30 bits per heavy atom. The Balaban J connectivity index is 4.04. The van der Waals surface area contributed by atoms with E-state index < -0.39 is 21.7 Å². The monoisotopic (exact) mass is 308 g/mol. The lowest BCUT2D eigenvalue weighted by Gasteiger charge is -2.23. The van der Waals surface area contributed by atoms with Crippen molar-refractivity contribution in [2.75, 3.05) is 25.9 Å². The first-order chi connectivity index (χ1) is 8.97. The summed E-state index contributed by atoms with van der Waals surface area (Å²) in [7, 11) is -3.14. The summed E-state index contributed by atoms with van der Waals surface area (Å²) in [5.74, 6) is -0.298. The number of nitrogens with zero attached hydrogens (tertiary/aromatic N) is 1. The van der Waals surface area contributed by atoms with Crippen molar-refractivity contribution in [3.63, 3.8) is 0 Å². The highest BCUT2D eigenvalue weighted by molar-refractivity contribution is 7.88. The lowest BCUT2D eigenvalue weighted by molar-refractivity contribution is -0.156. The Labute approximate surface area is 122 Å². The average Bonchev–Trinajstić information content (AvgIpc) is 2.24. The average molecular weight is 308 g/mol. The first-order valence-electron chi connectivity index (χ1n) is 6.88. The molecule has 0 aliphatic carbocycles. The first-order valence-corrected chi connectivity index (χ1v) is 8.73. The highest BCUT2D eigenvalue weighted by Crippen LogP contribution is 2.08. The summed E-state index contributed by atoms with van der Waals surface area (Å²) >= 11 is 0. The number of sulfonamides is 1. The van der Waals surface area contributed by atoms with Gasteiger partial charge in [-0.2, -0.15) is 0 Å². The summed E-state index contributed by atoms with van der Waals surface area (Å²) in [6, 6.07) is -0.400. The standard InChI is InChI=1S/C13H28N2O4S/c1-7-15(20(6,17)18)10-8-9-14-11(2)12(16)19-13(3,4)5/h11,14H,7-10H2,1-6H3. The normalized spacial score (nSPS) is 14.3. The Kier molecular flexibility index (Phi) is 7.69. The van der Waals surface area contributed by atoms with Gasteiger partial charge in [-0.05, 0) is 40.7 Å². The third-order valence-electron chi connectivity index (χ3n) is 2.62. The van der Waals surface area contributed by atoms with Crippen molar-refractivity contribution in [2.45, 2.75) is 52.7 Å². The summed E-state index contributed by atoms with van der Waals surface area (Å²) < 4.78 is 29.4. The van der Waals surface area contributed by atoms with Crippen LogP contribution in [0.3, 0.4) is 0 Å². The molecule has 0 saturated heterocycles. The molecule has 0 amide bonds. The van der Waals surface area contributed by atoms with Crippen molar-refractivity contribution in [3.05, 3.63) is 0 Å². The molecule has 1 unspecified atom stereocenters. The maximum absolute atomic E-state index is 11.7. The number of esters is 1. The molecule has 1 atom stereocenters. The van der Waals surface area contributed by atoms with E-state index in [0.29, 0.717) is 26.1 Å². The molecule has 0 fully saturated rings. The SMILES string of the molecule is CCN(CCCNC(C)C(=O)OC(C)(C)C)S(C)(=O)=O. The van der Waals surface area contributed by atoms with Gasteiger partial charge in [0.25, 0.3) is 0 Å². The summed E-state index contributed by atoms with van der Waals surface area (Å²) in [4.78, 5) is 11.7. The highest BCUT2D eigenvalue weighted by atomic mass is 32.2. The van der Waals surface area contributed by atoms with Crippen LogP contribution < -0.4 is 5.32 Å². The van der Waals surface area contributed by atoms with Crippen LogP contribution in [0.1, 0.15) is 41.0 Å². The molecule has 6 nitrogen and oxygen atoms in total. The number of carbonyl (C=O) groups excluding carboxylic acids is 1. The second-order valence-corrected chi connectivity index (χ2v) is 7.80. The van der Waals surface area contributed by atoms with Gasteiger partial charge in [0.1, 0.15) is 11.6 Å². The summed E-state index contributed by atoms with van der Waals surface area (Å²) in [5.41, 5.74) is -0.498. The zero-order valence-corrected chi connectivity index (χ0v) is 14.2. The minimum atomic E-state index is -3.14. The van der Waals surface area contributed by atoms with Crippen LogP contribution in [-0.4, -0.2) is 56.2 Å². The minimum Gasteiger partial charge on any atom is -0.459 e. The Morgan fingerprint density at radius 1 is 1.35 bits per heavy atom. The molecule has 0 spiro atoms. The maximum Gasteiger partial charge on any atom is 0.323 e. The van der Waals surface area contributed by atoms with E-state index in [4.69, 9.17) is 4.74 Å². The van der Waals surface area contributed by atoms with Crippen molar-refractivity contribution >= 4 is 16.0 Å². The van der Waals surface area contributed by atoms with Crippen molar-refractivity contribution in [1.82, 2.24) is 9.62 Å². The molecule has 0 bridgehead atoms. The predicted molar refractivity (Wildman–Crippen MR) is 80.0 cm³/mol. The van der Waals surface area contributed by atoms with Crippen LogP contribution in [0.4, 0.5) is 0 Å². The van der Waals surface area contributed by atoms with E-state index in [2.05, 4.69) is 5.32 Å². The minimum absolute atomic E-state index is 0.298. The van der Waals surface area contributed by atoms with Crippen LogP contribution in [-0.2, 0) is 19.6 Å². The topological polar surface area (TPSA) is 75.7 Å². The smallest absolute Gasteiger partial charge is 0.323 e. The van der Waals surface area contributed by atoms with Crippen LogP contribution in [0.2, 0.25) is 0 Å². The molecule has 0 heterocycles. The third-order valence-corrected chi connectivity index (χ3v) is 4.00. The molecule has 0 aliphatic heterocycles. The van der Waals surface area contributed by atoms with Gasteiger partial charge in [-0.15, -0.1) is 0 Å². The predicted octanol–water partition coefficient (Wildman–Crippen LogP) is 0.978. The molecule has 0 aromatic heterocycles. The largest absolute Gasteiger partial charge is 0.459 e. The van der Waals surface area contributed by atoms with E-state index in [1.165, 1.54) is 10.6 Å². The molecular formula is C13H28N2O4S. The Morgan fingerprint density at radius 2 is 1.90 bits per heavy atom. The van der Waals surface area contributed by atoms with Crippen LogP contribution in [0.5, 0.6) is 0 Å². The molecule has 7 heteroatoms. The fourth-order valence-corrected chi connectivity index (χ4v) is 2.54. The van der Waals surface area contributed by atoms with Gasteiger partial charge in [0.2, 0.25) is 10.0 Å². The van der Waals surface area contributed by atoms with Crippen molar-refractivity contribution < 1.29 is 17.9 Å². The second kappa shape index (κ2) is 7.95. The second-order valence-electron chi connectivity index (χ2n) is 5.82. The van der Waals surface area contributed by atoms with Gasteiger partial charge in [-0.3, -0.25) is 4.79 Å². The summed E-state index contributed by atoms with van der Waals surface area (Å²) in [6.07, 6.45) is 1.85. The van der Waals surface area contributed by atoms with Crippen LogP contribution in [0.15, 0.2) is 0 Å². The van der Waals surface area contributed by atoms with Gasteiger partial charge in [0, 0.05) is 13.1 Å². The maximum atomic E-state index is 11.7. The molecule has 0 radical (unpaired) electrons. The first kappa shape index (κ1) is 19.3. The molecular weight excluding hydrogens is 280 g/mol. The molecule has 1 N–H and O–H groups in total. The quantitative estimate of drug-likeness (QED) is 0.534. The fourth-order valence-electron chi connectivity index (χ4n) is 1.61. The van der Waals surface area contributed by atoms with E-state index in [1.54, 1.807) is 13.8 Å². The number of carbonyl (C=O) groups is 1. The van der Waals surface area contributed by atoms with E-state index in [0.717, 1.165) is 0 Å². The van der Waals surface area contributed by atoms with E-state index in [-0.39, 0.29) is 5.97 Å². The van der Waals surface area contributed by atoms with Gasteiger partial charge in [0.15, 0.2) is 0 Å². The number of nitrogens with one attached hydrogen (secondary N) is 1. The van der Waals surface area contributed by atoms with Crippen molar-refractivity contribution in [1.29, 1.82) is 0 Å². The van der Waals surface area contributed by atoms with Gasteiger partial charge in [-0.25, -0.2) is 12.7 Å². The van der Waals surface area contributed by atoms with Crippen molar-refractivity contribution in [2.24, 2.45) is 0 Å². The molecule has 0 saturated carbocycles. The number of hydrogen-bond donors (Lipinski definition) is 1. The van der Waals surface area contributed by atoms with Gasteiger partial charge in [-0.1, -0.05) is 6.92 Å². The summed E-state index contributed by atoms with van der Waals surface area (Å²) in [5, 5.41) is 3.04. The van der Waals surface area contributed by atoms with Gasteiger partial charge in [0.05, 0.1) is 6.26 Å². The lowest BCUT2D eigenvalue weighted by Crippen LogP contribution is -2.40. The highest BCUT2D eigenvalue weighted by Gasteiger charge is 2.21. The van der Waals surface area contributed by atoms with Gasteiger partial charge < -0.3 is 10.1 Å². The van der Waals surface area contributed by atoms with Gasteiger partial charge >= 0.3 is 5.97 Å². The molecule has 20 heavy (non-hydrogen) atoms. The zero-order chi connectivity index (χ0) is 16.0. The van der Waals surface area contributed by atoms with Crippen LogP contribution in [0, 0.1) is 0 Å². The number of ether oxygens (including phenoxy) is 1. The molecule has 0 rings (SSSR count). The fraction of sp³-hybridized carbons (Fsp3) is 0.923. The molecule has 0 aromatic carbocycles. The zero-order valence-electron chi connectivity index (χ0n) is 13.4. The third kappa shape index (κ3) is 8.50. The van der Waals surface area contributed by atoms with Crippen molar-refractivity contribution in [3.8, 4) is 0 Å². The Hall–Kier alpha value is -0.660. The lowest BCUT2D eigenvalue weighted by atomic mass is 10.2. The number of hydrogen-bond acceptors (Lipinski definition) is 5. The molecule has 0 aromatic rings. The molecule has 120 valence electrons. The van der Waals surface area contributed by atoms with E-state index in [1.807, 2.05) is 20.8 Å². The summed E-state index contributed by atoms with van der Waals surface area (Å²) in [6.45, 7) is 10.5. The van der Waals surface area contributed by atoms with E-state index >= 15 is 0 Å².